The molecular weight excluding hydrogens is 468 g/mol. The number of carbonyl (C=O) groups excluding carboxylic acids is 1. The number of aryl methyl sites for hydroxylation is 1. The molecule has 34 heavy (non-hydrogen) atoms. The molecule has 0 bridgehead atoms. The van der Waals surface area contributed by atoms with E-state index in [-0.39, 0.29) is 17.3 Å². The largest absolute Gasteiger partial charge is 0.494 e. The molecule has 3 aromatic rings. The fraction of sp³-hybridized carbons (Fsp3) is 0.269. The van der Waals surface area contributed by atoms with Crippen LogP contribution >= 0.6 is 11.8 Å². The molecule has 0 radical (unpaired) electrons. The fourth-order valence-corrected chi connectivity index (χ4v) is 5.52. The summed E-state index contributed by atoms with van der Waals surface area (Å²) in [5.41, 5.74) is 1.36. The maximum Gasteiger partial charge on any atom is 0.264 e. The van der Waals surface area contributed by atoms with Gasteiger partial charge in [0.05, 0.1) is 17.2 Å². The molecule has 0 aliphatic rings. The van der Waals surface area contributed by atoms with Gasteiger partial charge in [-0.3, -0.25) is 9.10 Å². The minimum absolute atomic E-state index is 0.138. The Bertz CT molecular complexity index is 1150. The summed E-state index contributed by atoms with van der Waals surface area (Å²) < 4.78 is 33.5. The van der Waals surface area contributed by atoms with Gasteiger partial charge in [0.1, 0.15) is 12.3 Å². The first-order valence-corrected chi connectivity index (χ1v) is 13.6. The third-order valence-corrected chi connectivity index (χ3v) is 7.87. The van der Waals surface area contributed by atoms with Crippen molar-refractivity contribution in [3.8, 4) is 5.75 Å². The summed E-state index contributed by atoms with van der Waals surface area (Å²) in [5.74, 6) is 1.14. The van der Waals surface area contributed by atoms with Crippen molar-refractivity contribution in [2.45, 2.75) is 30.1 Å². The lowest BCUT2D eigenvalue weighted by molar-refractivity contribution is -0.119. The maximum absolute atomic E-state index is 13.4. The van der Waals surface area contributed by atoms with Crippen LogP contribution in [-0.4, -0.2) is 39.8 Å². The van der Waals surface area contributed by atoms with Crippen molar-refractivity contribution in [3.63, 3.8) is 0 Å². The Morgan fingerprint density at radius 1 is 0.971 bits per heavy atom. The number of thioether (sulfide) groups is 1. The molecule has 180 valence electrons. The van der Waals surface area contributed by atoms with Crippen molar-refractivity contribution < 1.29 is 17.9 Å². The Morgan fingerprint density at radius 2 is 1.65 bits per heavy atom. The predicted molar refractivity (Wildman–Crippen MR) is 138 cm³/mol. The third kappa shape index (κ3) is 7.27. The molecule has 0 unspecified atom stereocenters. The van der Waals surface area contributed by atoms with Crippen molar-refractivity contribution in [3.05, 3.63) is 84.4 Å². The molecule has 0 aromatic heterocycles. The molecule has 0 saturated carbocycles. The van der Waals surface area contributed by atoms with Crippen LogP contribution in [0.25, 0.3) is 0 Å². The predicted octanol–water partition coefficient (Wildman–Crippen LogP) is 4.89. The average molecular weight is 499 g/mol. The van der Waals surface area contributed by atoms with Crippen LogP contribution in [0.2, 0.25) is 0 Å². The van der Waals surface area contributed by atoms with Crippen molar-refractivity contribution in [1.82, 2.24) is 5.32 Å². The van der Waals surface area contributed by atoms with Gasteiger partial charge in [0.15, 0.2) is 0 Å². The summed E-state index contributed by atoms with van der Waals surface area (Å²) in [7, 11) is -3.93. The molecule has 0 saturated heterocycles. The number of rotatable bonds is 12. The first-order chi connectivity index (χ1) is 16.4. The smallest absolute Gasteiger partial charge is 0.264 e. The fourth-order valence-electron chi connectivity index (χ4n) is 3.22. The van der Waals surface area contributed by atoms with Crippen LogP contribution in [0.3, 0.4) is 0 Å². The van der Waals surface area contributed by atoms with Crippen molar-refractivity contribution in [2.24, 2.45) is 0 Å². The molecule has 0 spiro atoms. The maximum atomic E-state index is 13.4. The van der Waals surface area contributed by atoms with E-state index in [0.29, 0.717) is 24.6 Å². The second kappa shape index (κ2) is 12.5. The molecular formula is C26H30N2O4S2. The SMILES string of the molecule is CCOc1ccc(N(CC(=O)NCCCSc2ccccc2)S(=O)(=O)c2ccc(C)cc2)cc1. The number of nitrogens with zero attached hydrogens (tertiary/aromatic N) is 1. The lowest BCUT2D eigenvalue weighted by atomic mass is 10.2. The standard InChI is InChI=1S/C26H30N2O4S2/c1-3-32-23-14-12-22(13-15-23)28(34(30,31)25-16-10-21(2)11-17-25)20-26(29)27-18-7-19-33-24-8-5-4-6-9-24/h4-6,8-17H,3,7,18-20H2,1-2H3,(H,27,29). The topological polar surface area (TPSA) is 75.7 Å². The summed E-state index contributed by atoms with van der Waals surface area (Å²) in [6, 6.07) is 23.4. The number of nitrogens with one attached hydrogen (secondary N) is 1. The number of sulfonamides is 1. The highest BCUT2D eigenvalue weighted by Gasteiger charge is 2.27. The minimum Gasteiger partial charge on any atom is -0.494 e. The van der Waals surface area contributed by atoms with Crippen LogP contribution < -0.4 is 14.4 Å². The lowest BCUT2D eigenvalue weighted by Crippen LogP contribution is -2.41. The molecule has 0 aliphatic carbocycles. The Balaban J connectivity index is 1.67. The molecule has 6 nitrogen and oxygen atoms in total. The zero-order chi connectivity index (χ0) is 24.4. The van der Waals surface area contributed by atoms with E-state index in [9.17, 15) is 13.2 Å². The number of hydrogen-bond donors (Lipinski definition) is 1. The van der Waals surface area contributed by atoms with Gasteiger partial charge in [-0.25, -0.2) is 8.42 Å². The highest BCUT2D eigenvalue weighted by atomic mass is 32.2. The number of ether oxygens (including phenoxy) is 1. The Kier molecular flexibility index (Phi) is 9.42. The molecule has 1 N–H and O–H groups in total. The second-order valence-electron chi connectivity index (χ2n) is 7.62. The summed E-state index contributed by atoms with van der Waals surface area (Å²) in [5, 5.41) is 2.85. The molecule has 1 amide bonds. The van der Waals surface area contributed by atoms with E-state index in [1.54, 1.807) is 60.3 Å². The van der Waals surface area contributed by atoms with E-state index in [1.807, 2.05) is 44.2 Å². The van der Waals surface area contributed by atoms with Crippen LogP contribution in [0.1, 0.15) is 18.9 Å². The molecule has 3 aromatic carbocycles. The van der Waals surface area contributed by atoms with Crippen LogP contribution in [-0.2, 0) is 14.8 Å². The normalized spacial score (nSPS) is 11.1. The molecule has 8 heteroatoms. The number of benzene rings is 3. The zero-order valence-corrected chi connectivity index (χ0v) is 21.1. The van der Waals surface area contributed by atoms with Gasteiger partial charge in [-0.15, -0.1) is 11.8 Å². The molecule has 0 aliphatic heterocycles. The van der Waals surface area contributed by atoms with Gasteiger partial charge in [-0.2, -0.15) is 0 Å². The van der Waals surface area contributed by atoms with Gasteiger partial charge < -0.3 is 10.1 Å². The van der Waals surface area contributed by atoms with E-state index >= 15 is 0 Å². The number of amides is 1. The van der Waals surface area contributed by atoms with Crippen molar-refractivity contribution in [2.75, 3.05) is 29.8 Å². The minimum atomic E-state index is -3.93. The van der Waals surface area contributed by atoms with Gasteiger partial charge in [-0.05, 0) is 74.6 Å². The average Bonchev–Trinajstić information content (AvgIpc) is 2.84. The summed E-state index contributed by atoms with van der Waals surface area (Å²) >= 11 is 1.72. The molecule has 0 fully saturated rings. The Morgan fingerprint density at radius 3 is 2.29 bits per heavy atom. The quantitative estimate of drug-likeness (QED) is 0.284. The highest BCUT2D eigenvalue weighted by molar-refractivity contribution is 7.99. The lowest BCUT2D eigenvalue weighted by Gasteiger charge is -2.24. The van der Waals surface area contributed by atoms with Crippen molar-refractivity contribution in [1.29, 1.82) is 0 Å². The Hall–Kier alpha value is -2.97. The highest BCUT2D eigenvalue weighted by Crippen LogP contribution is 2.26. The van der Waals surface area contributed by atoms with E-state index in [0.717, 1.165) is 22.0 Å². The summed E-state index contributed by atoms with van der Waals surface area (Å²) in [6.07, 6.45) is 0.777. The van der Waals surface area contributed by atoms with E-state index < -0.39 is 10.0 Å². The number of anilines is 1. The molecule has 3 rings (SSSR count). The van der Waals surface area contributed by atoms with Crippen LogP contribution in [0, 0.1) is 6.92 Å². The van der Waals surface area contributed by atoms with Crippen LogP contribution in [0.4, 0.5) is 5.69 Å². The van der Waals surface area contributed by atoms with Gasteiger partial charge in [0.25, 0.3) is 10.0 Å². The number of hydrogen-bond acceptors (Lipinski definition) is 5. The van der Waals surface area contributed by atoms with Crippen LogP contribution in [0.5, 0.6) is 5.75 Å². The van der Waals surface area contributed by atoms with E-state index in [1.165, 1.54) is 4.90 Å². The third-order valence-electron chi connectivity index (χ3n) is 4.99. The van der Waals surface area contributed by atoms with Gasteiger partial charge in [0, 0.05) is 11.4 Å². The molecule has 0 heterocycles. The number of carbonyl (C=O) groups is 1. The summed E-state index contributed by atoms with van der Waals surface area (Å²) in [4.78, 5) is 14.0. The first-order valence-electron chi connectivity index (χ1n) is 11.2. The summed E-state index contributed by atoms with van der Waals surface area (Å²) in [6.45, 7) is 4.45. The Labute approximate surface area is 206 Å². The second-order valence-corrected chi connectivity index (χ2v) is 10.6. The van der Waals surface area contributed by atoms with Gasteiger partial charge >= 0.3 is 0 Å². The zero-order valence-electron chi connectivity index (χ0n) is 19.4. The van der Waals surface area contributed by atoms with Crippen LogP contribution in [0.15, 0.2) is 88.7 Å². The van der Waals surface area contributed by atoms with E-state index in [4.69, 9.17) is 4.74 Å². The van der Waals surface area contributed by atoms with E-state index in [2.05, 4.69) is 5.32 Å². The monoisotopic (exact) mass is 498 g/mol. The van der Waals surface area contributed by atoms with Crippen molar-refractivity contribution >= 4 is 33.4 Å². The van der Waals surface area contributed by atoms with Gasteiger partial charge in [-0.1, -0.05) is 35.9 Å². The first kappa shape index (κ1) is 25.6. The van der Waals surface area contributed by atoms with Gasteiger partial charge in [0.2, 0.25) is 5.91 Å². The molecule has 0 atom stereocenters.